The molecule has 0 saturated carbocycles. The molecule has 168 valence electrons. The van der Waals surface area contributed by atoms with Gasteiger partial charge in [-0.15, -0.1) is 0 Å². The second kappa shape index (κ2) is 8.23. The van der Waals surface area contributed by atoms with Crippen LogP contribution in [0.5, 0.6) is 5.75 Å². The van der Waals surface area contributed by atoms with E-state index in [9.17, 15) is 9.90 Å². The maximum atomic E-state index is 12.3. The Morgan fingerprint density at radius 1 is 1.25 bits per heavy atom. The number of hydrogen-bond acceptors (Lipinski definition) is 8. The molecule has 3 aromatic heterocycles. The Hall–Kier alpha value is -3.46. The van der Waals surface area contributed by atoms with Gasteiger partial charge in [0.2, 0.25) is 0 Å². The van der Waals surface area contributed by atoms with Gasteiger partial charge in [0.15, 0.2) is 5.78 Å². The summed E-state index contributed by atoms with van der Waals surface area (Å²) in [6.07, 6.45) is 0. The van der Waals surface area contributed by atoms with E-state index >= 15 is 0 Å². The van der Waals surface area contributed by atoms with Crippen LogP contribution in [0, 0.1) is 26.7 Å². The molecule has 0 aliphatic heterocycles. The number of methoxy groups -OCH3 is 1. The van der Waals surface area contributed by atoms with E-state index in [1.807, 2.05) is 39.8 Å². The van der Waals surface area contributed by atoms with Gasteiger partial charge >= 0.3 is 0 Å². The number of aromatic nitrogens is 4. The van der Waals surface area contributed by atoms with Crippen molar-refractivity contribution in [1.82, 2.24) is 20.1 Å². The van der Waals surface area contributed by atoms with Crippen LogP contribution in [0.15, 0.2) is 16.7 Å². The second-order valence-corrected chi connectivity index (χ2v) is 8.26. The monoisotopic (exact) mass is 437 g/mol. The van der Waals surface area contributed by atoms with Crippen molar-refractivity contribution in [2.75, 3.05) is 19.0 Å². The van der Waals surface area contributed by atoms with E-state index < -0.39 is 12.6 Å². The molecule has 0 radical (unpaired) electrons. The lowest BCUT2D eigenvalue weighted by molar-refractivity contribution is -0.123. The molecule has 4 rings (SSSR count). The molecule has 0 fully saturated rings. The first kappa shape index (κ1) is 21.8. The summed E-state index contributed by atoms with van der Waals surface area (Å²) in [4.78, 5) is 24.8. The lowest BCUT2D eigenvalue weighted by Gasteiger charge is -2.21. The van der Waals surface area contributed by atoms with Crippen LogP contribution in [0.3, 0.4) is 0 Å². The van der Waals surface area contributed by atoms with Gasteiger partial charge in [-0.2, -0.15) is 0 Å². The SMILES string of the molecule is COc1cc2c(cc1-c1c(C)noc1C)[nH]c1nc(C)nc(NC(C(=O)CO)C(C)C)c12. The number of fused-ring (bicyclic) bond motifs is 3. The number of nitrogens with zero attached hydrogens (tertiary/aromatic N) is 3. The highest BCUT2D eigenvalue weighted by Gasteiger charge is 2.25. The molecule has 0 aliphatic carbocycles. The smallest absolute Gasteiger partial charge is 0.180 e. The summed E-state index contributed by atoms with van der Waals surface area (Å²) in [6, 6.07) is 3.34. The molecule has 1 aromatic carbocycles. The largest absolute Gasteiger partial charge is 0.496 e. The number of carbonyl (C=O) groups excluding carboxylic acids is 1. The first-order valence-corrected chi connectivity index (χ1v) is 10.5. The predicted molar refractivity (Wildman–Crippen MR) is 122 cm³/mol. The van der Waals surface area contributed by atoms with Gasteiger partial charge in [-0.3, -0.25) is 4.79 Å². The summed E-state index contributed by atoms with van der Waals surface area (Å²) in [5.41, 5.74) is 4.01. The molecule has 1 unspecified atom stereocenters. The standard InChI is InChI=1S/C23H27N5O4/c1-10(2)21(17(30)9-29)27-23-20-14-8-18(31-6)15(19-11(3)28-32-12(19)4)7-16(14)26-22(20)24-13(5)25-23/h7-8,10,21,29H,9H2,1-6H3,(H2,24,25,26,27). The van der Waals surface area contributed by atoms with Gasteiger partial charge in [0, 0.05) is 16.5 Å². The van der Waals surface area contributed by atoms with Crippen LogP contribution >= 0.6 is 0 Å². The topological polar surface area (TPSA) is 126 Å². The quantitative estimate of drug-likeness (QED) is 0.400. The molecule has 0 bridgehead atoms. The van der Waals surface area contributed by atoms with Crippen LogP contribution < -0.4 is 10.1 Å². The average Bonchev–Trinajstić information content (AvgIpc) is 3.28. The Bertz CT molecular complexity index is 1300. The highest BCUT2D eigenvalue weighted by Crippen LogP contribution is 2.40. The highest BCUT2D eigenvalue weighted by atomic mass is 16.5. The summed E-state index contributed by atoms with van der Waals surface area (Å²) in [7, 11) is 1.62. The molecule has 1 atom stereocenters. The molecule has 0 saturated heterocycles. The molecule has 3 N–H and O–H groups in total. The van der Waals surface area contributed by atoms with Crippen molar-refractivity contribution in [3.05, 3.63) is 29.4 Å². The highest BCUT2D eigenvalue weighted by molar-refractivity contribution is 6.13. The number of aryl methyl sites for hydroxylation is 3. The average molecular weight is 438 g/mol. The zero-order chi connectivity index (χ0) is 23.2. The lowest BCUT2D eigenvalue weighted by Crippen LogP contribution is -2.36. The molecule has 0 amide bonds. The normalized spacial score (nSPS) is 12.6. The summed E-state index contributed by atoms with van der Waals surface area (Å²) in [5.74, 6) is 2.13. The molecular formula is C23H27N5O4. The number of aliphatic hydroxyl groups excluding tert-OH is 1. The first-order chi connectivity index (χ1) is 15.2. The molecule has 0 aliphatic rings. The third-order valence-corrected chi connectivity index (χ3v) is 5.65. The van der Waals surface area contributed by atoms with Gasteiger partial charge in [-0.1, -0.05) is 19.0 Å². The number of aromatic amines is 1. The minimum atomic E-state index is -0.578. The lowest BCUT2D eigenvalue weighted by atomic mass is 9.99. The molecular weight excluding hydrogens is 410 g/mol. The number of benzene rings is 1. The van der Waals surface area contributed by atoms with Gasteiger partial charge in [0.25, 0.3) is 0 Å². The number of aliphatic hydroxyl groups is 1. The minimum Gasteiger partial charge on any atom is -0.496 e. The zero-order valence-electron chi connectivity index (χ0n) is 19.0. The number of hydrogen-bond donors (Lipinski definition) is 3. The molecule has 3 heterocycles. The van der Waals surface area contributed by atoms with Crippen molar-refractivity contribution < 1.29 is 19.2 Å². The van der Waals surface area contributed by atoms with Crippen LogP contribution in [0.2, 0.25) is 0 Å². The maximum absolute atomic E-state index is 12.3. The fourth-order valence-electron chi connectivity index (χ4n) is 4.14. The van der Waals surface area contributed by atoms with Gasteiger partial charge in [0.05, 0.1) is 29.8 Å². The molecule has 9 nitrogen and oxygen atoms in total. The number of H-pyrrole nitrogens is 1. The van der Waals surface area contributed by atoms with Crippen molar-refractivity contribution in [1.29, 1.82) is 0 Å². The van der Waals surface area contributed by atoms with E-state index in [1.54, 1.807) is 14.0 Å². The molecule has 9 heteroatoms. The third kappa shape index (κ3) is 3.58. The Balaban J connectivity index is 1.96. The number of anilines is 1. The minimum absolute atomic E-state index is 0.0362. The summed E-state index contributed by atoms with van der Waals surface area (Å²) < 4.78 is 11.1. The number of rotatable bonds is 7. The van der Waals surface area contributed by atoms with Gasteiger partial charge < -0.3 is 24.7 Å². The van der Waals surface area contributed by atoms with E-state index in [4.69, 9.17) is 9.26 Å². The Labute approximate surface area is 185 Å². The number of ketones is 1. The van der Waals surface area contributed by atoms with E-state index in [-0.39, 0.29) is 11.7 Å². The van der Waals surface area contributed by atoms with Crippen molar-refractivity contribution in [2.24, 2.45) is 5.92 Å². The van der Waals surface area contributed by atoms with Crippen LogP contribution in [-0.2, 0) is 4.79 Å². The van der Waals surface area contributed by atoms with E-state index in [0.29, 0.717) is 28.8 Å². The fourth-order valence-corrected chi connectivity index (χ4v) is 4.14. The van der Waals surface area contributed by atoms with Crippen molar-refractivity contribution in [2.45, 2.75) is 40.7 Å². The Kier molecular flexibility index (Phi) is 5.60. The Morgan fingerprint density at radius 2 is 2.00 bits per heavy atom. The van der Waals surface area contributed by atoms with Gasteiger partial charge in [-0.05, 0) is 38.8 Å². The summed E-state index contributed by atoms with van der Waals surface area (Å²) in [6.45, 7) is 8.86. The number of nitrogens with one attached hydrogen (secondary N) is 2. The number of Topliss-reactive ketones (excluding diaryl/α,β-unsaturated/α-hetero) is 1. The molecule has 4 aromatic rings. The second-order valence-electron chi connectivity index (χ2n) is 8.26. The first-order valence-electron chi connectivity index (χ1n) is 10.5. The van der Waals surface area contributed by atoms with Crippen molar-refractivity contribution in [3.63, 3.8) is 0 Å². The van der Waals surface area contributed by atoms with Crippen LogP contribution in [0.25, 0.3) is 33.1 Å². The van der Waals surface area contributed by atoms with Crippen molar-refractivity contribution >= 4 is 33.5 Å². The summed E-state index contributed by atoms with van der Waals surface area (Å²) in [5, 5.41) is 18.3. The fraction of sp³-hybridized carbons (Fsp3) is 0.391. The number of carbonyl (C=O) groups is 1. The van der Waals surface area contributed by atoms with E-state index in [2.05, 4.69) is 25.4 Å². The Morgan fingerprint density at radius 3 is 2.59 bits per heavy atom. The van der Waals surface area contributed by atoms with E-state index in [0.717, 1.165) is 33.1 Å². The third-order valence-electron chi connectivity index (χ3n) is 5.65. The molecule has 0 spiro atoms. The van der Waals surface area contributed by atoms with E-state index in [1.165, 1.54) is 0 Å². The van der Waals surface area contributed by atoms with Crippen LogP contribution in [-0.4, -0.2) is 50.8 Å². The van der Waals surface area contributed by atoms with Crippen molar-refractivity contribution in [3.8, 4) is 16.9 Å². The summed E-state index contributed by atoms with van der Waals surface area (Å²) >= 11 is 0. The van der Waals surface area contributed by atoms with Crippen LogP contribution in [0.4, 0.5) is 5.82 Å². The zero-order valence-corrected chi connectivity index (χ0v) is 19.0. The van der Waals surface area contributed by atoms with Crippen LogP contribution in [0.1, 0.15) is 31.1 Å². The van der Waals surface area contributed by atoms with Gasteiger partial charge in [0.1, 0.15) is 35.4 Å². The number of ether oxygens (including phenoxy) is 1. The molecule has 32 heavy (non-hydrogen) atoms. The van der Waals surface area contributed by atoms with Gasteiger partial charge in [-0.25, -0.2) is 9.97 Å². The predicted octanol–water partition coefficient (Wildman–Crippen LogP) is 3.70. The maximum Gasteiger partial charge on any atom is 0.180 e.